The Morgan fingerprint density at radius 3 is 2.00 bits per heavy atom. The van der Waals surface area contributed by atoms with Gasteiger partial charge in [-0.05, 0) is 54.2 Å². The lowest BCUT2D eigenvalue weighted by atomic mass is 9.83. The zero-order chi connectivity index (χ0) is 19.0. The number of carbonyl (C=O) groups is 3. The van der Waals surface area contributed by atoms with E-state index in [0.29, 0.717) is 32.7 Å². The van der Waals surface area contributed by atoms with Crippen LogP contribution in [0.2, 0.25) is 0 Å². The van der Waals surface area contributed by atoms with E-state index in [-0.39, 0.29) is 22.2 Å². The van der Waals surface area contributed by atoms with Crippen molar-refractivity contribution in [2.75, 3.05) is 0 Å². The molecule has 3 aromatic carbocycles. The number of fused-ring (bicyclic) bond motifs is 2. The van der Waals surface area contributed by atoms with Gasteiger partial charge in [-0.3, -0.25) is 14.4 Å². The highest BCUT2D eigenvalue weighted by atomic mass is 32.2. The number of hydrogen-bond acceptors (Lipinski definition) is 5. The number of thioether (sulfide) groups is 1. The summed E-state index contributed by atoms with van der Waals surface area (Å²) in [4.78, 5) is 38.7. The predicted molar refractivity (Wildman–Crippen MR) is 101 cm³/mol. The minimum atomic E-state index is -0.252. The second-order valence-corrected chi connectivity index (χ2v) is 7.04. The van der Waals surface area contributed by atoms with Gasteiger partial charge in [0.05, 0.1) is 11.6 Å². The monoisotopic (exact) mass is 369 g/mol. The summed E-state index contributed by atoms with van der Waals surface area (Å²) >= 11 is 1.01. The average Bonchev–Trinajstić information content (AvgIpc) is 2.72. The highest BCUT2D eigenvalue weighted by Gasteiger charge is 2.29. The van der Waals surface area contributed by atoms with Crippen LogP contribution in [0.1, 0.15) is 47.8 Å². The predicted octanol–water partition coefficient (Wildman–Crippen LogP) is 4.27. The summed E-state index contributed by atoms with van der Waals surface area (Å²) < 4.78 is 0. The summed E-state index contributed by atoms with van der Waals surface area (Å²) in [5, 5.41) is 8.60. The van der Waals surface area contributed by atoms with Crippen LogP contribution < -0.4 is 0 Å². The molecular weight excluding hydrogens is 358 g/mol. The first kappa shape index (κ1) is 17.0. The Kier molecular flexibility index (Phi) is 4.19. The molecule has 0 N–H and O–H groups in total. The van der Waals surface area contributed by atoms with Gasteiger partial charge in [0.1, 0.15) is 0 Å². The summed E-state index contributed by atoms with van der Waals surface area (Å²) in [6.07, 6.45) is 0. The van der Waals surface area contributed by atoms with E-state index in [1.165, 1.54) is 12.1 Å². The second-order valence-electron chi connectivity index (χ2n) is 5.99. The van der Waals surface area contributed by atoms with E-state index in [2.05, 4.69) is 0 Å². The van der Waals surface area contributed by atoms with Crippen molar-refractivity contribution in [3.05, 3.63) is 100 Å². The van der Waals surface area contributed by atoms with Crippen LogP contribution in [0, 0.1) is 11.3 Å². The minimum Gasteiger partial charge on any atom is -0.289 e. The topological polar surface area (TPSA) is 75.0 Å². The molecule has 3 aromatic rings. The number of benzene rings is 3. The van der Waals surface area contributed by atoms with E-state index in [1.54, 1.807) is 54.6 Å². The Hall–Kier alpha value is -3.49. The maximum absolute atomic E-state index is 12.8. The van der Waals surface area contributed by atoms with Crippen molar-refractivity contribution in [2.24, 2.45) is 0 Å². The standard InChI is InChI=1S/C22H11NO3S/c23-12-13-5-8-15(9-6-13)27-22(26)14-7-10-18-19(11-14)21(25)17-4-2-1-3-16(17)20(18)24/h1-11H. The van der Waals surface area contributed by atoms with E-state index in [9.17, 15) is 14.4 Å². The van der Waals surface area contributed by atoms with Crippen LogP contribution in [0.4, 0.5) is 0 Å². The summed E-state index contributed by atoms with van der Waals surface area (Å²) in [5.74, 6) is -0.461. The molecule has 0 aliphatic heterocycles. The van der Waals surface area contributed by atoms with Crippen LogP contribution in [-0.4, -0.2) is 16.7 Å². The highest BCUT2D eigenvalue weighted by molar-refractivity contribution is 8.14. The average molecular weight is 369 g/mol. The third-order valence-electron chi connectivity index (χ3n) is 4.35. The van der Waals surface area contributed by atoms with Crippen LogP contribution in [0.5, 0.6) is 0 Å². The summed E-state index contributed by atoms with van der Waals surface area (Å²) in [7, 11) is 0. The highest BCUT2D eigenvalue weighted by Crippen LogP contribution is 2.30. The van der Waals surface area contributed by atoms with Crippen molar-refractivity contribution >= 4 is 28.4 Å². The van der Waals surface area contributed by atoms with Crippen LogP contribution in [0.15, 0.2) is 71.6 Å². The minimum absolute atomic E-state index is 0.209. The van der Waals surface area contributed by atoms with Crippen LogP contribution >= 0.6 is 11.8 Å². The third-order valence-corrected chi connectivity index (χ3v) is 5.28. The Labute approximate surface area is 159 Å². The van der Waals surface area contributed by atoms with Gasteiger partial charge in [-0.2, -0.15) is 5.26 Å². The van der Waals surface area contributed by atoms with Gasteiger partial charge in [-0.15, -0.1) is 0 Å². The van der Waals surface area contributed by atoms with Gasteiger partial charge in [0, 0.05) is 32.7 Å². The van der Waals surface area contributed by atoms with Gasteiger partial charge in [-0.25, -0.2) is 0 Å². The maximum atomic E-state index is 12.8. The van der Waals surface area contributed by atoms with E-state index >= 15 is 0 Å². The number of rotatable bonds is 2. The van der Waals surface area contributed by atoms with Crippen LogP contribution in [0.3, 0.4) is 0 Å². The zero-order valence-electron chi connectivity index (χ0n) is 13.9. The molecule has 128 valence electrons. The second kappa shape index (κ2) is 6.67. The van der Waals surface area contributed by atoms with Gasteiger partial charge in [0.15, 0.2) is 11.6 Å². The van der Waals surface area contributed by atoms with Crippen molar-refractivity contribution in [3.63, 3.8) is 0 Å². The van der Waals surface area contributed by atoms with Crippen LogP contribution in [0.25, 0.3) is 0 Å². The SMILES string of the molecule is N#Cc1ccc(SC(=O)c2ccc3c(c2)C(=O)c2ccccc2C3=O)cc1. The molecule has 0 spiro atoms. The molecule has 0 atom stereocenters. The summed E-state index contributed by atoms with van der Waals surface area (Å²) in [5.41, 5.74) is 2.19. The van der Waals surface area contributed by atoms with Gasteiger partial charge >= 0.3 is 0 Å². The molecule has 0 amide bonds. The molecule has 0 unspecified atom stereocenters. The van der Waals surface area contributed by atoms with E-state index in [0.717, 1.165) is 11.8 Å². The lowest BCUT2D eigenvalue weighted by Gasteiger charge is -2.17. The van der Waals surface area contributed by atoms with E-state index in [4.69, 9.17) is 5.26 Å². The molecule has 0 aromatic heterocycles. The first-order chi connectivity index (χ1) is 13.1. The number of nitriles is 1. The summed E-state index contributed by atoms with van der Waals surface area (Å²) in [6.45, 7) is 0. The third kappa shape index (κ3) is 2.97. The molecule has 0 bridgehead atoms. The molecule has 1 aliphatic carbocycles. The maximum Gasteiger partial charge on any atom is 0.224 e. The van der Waals surface area contributed by atoms with Crippen molar-refractivity contribution in [1.29, 1.82) is 5.26 Å². The molecule has 0 saturated carbocycles. The quantitative estimate of drug-likeness (QED) is 0.493. The first-order valence-corrected chi connectivity index (χ1v) is 8.95. The van der Waals surface area contributed by atoms with Gasteiger partial charge in [-0.1, -0.05) is 24.3 Å². The molecule has 0 saturated heterocycles. The molecule has 27 heavy (non-hydrogen) atoms. The molecule has 4 rings (SSSR count). The Morgan fingerprint density at radius 2 is 1.37 bits per heavy atom. The molecular formula is C22H11NO3S. The fraction of sp³-hybridized carbons (Fsp3) is 0. The number of hydrogen-bond donors (Lipinski definition) is 0. The number of carbonyl (C=O) groups excluding carboxylic acids is 3. The smallest absolute Gasteiger partial charge is 0.224 e. The Balaban J connectivity index is 1.66. The normalized spacial score (nSPS) is 12.1. The lowest BCUT2D eigenvalue weighted by Crippen LogP contribution is -2.21. The molecule has 4 nitrogen and oxygen atoms in total. The van der Waals surface area contributed by atoms with Gasteiger partial charge in [0.2, 0.25) is 5.12 Å². The van der Waals surface area contributed by atoms with Crippen molar-refractivity contribution in [2.45, 2.75) is 4.90 Å². The van der Waals surface area contributed by atoms with E-state index < -0.39 is 0 Å². The van der Waals surface area contributed by atoms with Gasteiger partial charge in [0.25, 0.3) is 0 Å². The molecule has 0 fully saturated rings. The molecule has 5 heteroatoms. The fourth-order valence-electron chi connectivity index (χ4n) is 2.99. The Morgan fingerprint density at radius 1 is 0.778 bits per heavy atom. The zero-order valence-corrected chi connectivity index (χ0v) is 14.7. The Bertz CT molecular complexity index is 1160. The van der Waals surface area contributed by atoms with E-state index in [1.807, 2.05) is 6.07 Å². The number of ketones is 2. The largest absolute Gasteiger partial charge is 0.289 e. The number of nitrogens with zero attached hydrogens (tertiary/aromatic N) is 1. The lowest BCUT2D eigenvalue weighted by molar-refractivity contribution is 0.0978. The summed E-state index contributed by atoms with van der Waals surface area (Å²) in [6, 6.07) is 20.0. The molecule has 0 radical (unpaired) electrons. The van der Waals surface area contributed by atoms with Crippen LogP contribution in [-0.2, 0) is 0 Å². The first-order valence-electron chi connectivity index (χ1n) is 8.13. The van der Waals surface area contributed by atoms with Crippen molar-refractivity contribution in [3.8, 4) is 6.07 Å². The van der Waals surface area contributed by atoms with Crippen molar-refractivity contribution < 1.29 is 14.4 Å². The molecule has 0 heterocycles. The van der Waals surface area contributed by atoms with Gasteiger partial charge < -0.3 is 0 Å². The molecule has 1 aliphatic rings. The fourth-order valence-corrected chi connectivity index (χ4v) is 3.72. The van der Waals surface area contributed by atoms with Crippen molar-refractivity contribution in [1.82, 2.24) is 0 Å².